The van der Waals surface area contributed by atoms with Gasteiger partial charge in [0.15, 0.2) is 0 Å². The molecule has 1 amide bonds. The second-order valence-corrected chi connectivity index (χ2v) is 8.28. The van der Waals surface area contributed by atoms with Gasteiger partial charge in [0.1, 0.15) is 0 Å². The summed E-state index contributed by atoms with van der Waals surface area (Å²) in [7, 11) is -3.49. The molecule has 1 aromatic carbocycles. The summed E-state index contributed by atoms with van der Waals surface area (Å²) in [6.45, 7) is 5.81. The first kappa shape index (κ1) is 17.4. The highest BCUT2D eigenvalue weighted by atomic mass is 32.2. The molecule has 1 aromatic rings. The van der Waals surface area contributed by atoms with Crippen molar-refractivity contribution in [2.24, 2.45) is 0 Å². The van der Waals surface area contributed by atoms with Crippen LogP contribution in [-0.2, 0) is 21.2 Å². The number of nitrogens with zero attached hydrogens (tertiary/aromatic N) is 2. The standard InChI is InChI=1S/C17H25N3O3S/c1-14(21)20-12-7-15-13-16(5-6-17(15)20)24(22,23)18-8-4-11-19-9-2-3-10-19/h5-6,13,18H,2-4,7-12H2,1H3. The van der Waals surface area contributed by atoms with Crippen LogP contribution in [0.3, 0.4) is 0 Å². The molecule has 0 bridgehead atoms. The van der Waals surface area contributed by atoms with E-state index in [1.54, 1.807) is 23.1 Å². The lowest BCUT2D eigenvalue weighted by Gasteiger charge is -2.16. The summed E-state index contributed by atoms with van der Waals surface area (Å²) in [4.78, 5) is 15.9. The highest BCUT2D eigenvalue weighted by Gasteiger charge is 2.24. The maximum atomic E-state index is 12.4. The second kappa shape index (κ2) is 7.21. The summed E-state index contributed by atoms with van der Waals surface area (Å²) in [5, 5.41) is 0. The van der Waals surface area contributed by atoms with Crippen LogP contribution < -0.4 is 9.62 Å². The average molecular weight is 351 g/mol. The van der Waals surface area contributed by atoms with Gasteiger partial charge >= 0.3 is 0 Å². The molecule has 0 atom stereocenters. The minimum atomic E-state index is -3.49. The van der Waals surface area contributed by atoms with E-state index in [1.807, 2.05) is 0 Å². The van der Waals surface area contributed by atoms with Gasteiger partial charge in [0.2, 0.25) is 15.9 Å². The molecule has 0 saturated carbocycles. The molecule has 1 fully saturated rings. The van der Waals surface area contributed by atoms with Gasteiger partial charge in [0.25, 0.3) is 0 Å². The van der Waals surface area contributed by atoms with Gasteiger partial charge < -0.3 is 9.80 Å². The lowest BCUT2D eigenvalue weighted by molar-refractivity contribution is -0.116. The molecule has 2 aliphatic heterocycles. The molecule has 6 nitrogen and oxygen atoms in total. The van der Waals surface area contributed by atoms with Gasteiger partial charge in [0.05, 0.1) is 4.90 Å². The molecule has 132 valence electrons. The Bertz CT molecular complexity index is 712. The lowest BCUT2D eigenvalue weighted by Crippen LogP contribution is -2.29. The smallest absolute Gasteiger partial charge is 0.240 e. The van der Waals surface area contributed by atoms with Crippen LogP contribution in [0.4, 0.5) is 5.69 Å². The van der Waals surface area contributed by atoms with Crippen LogP contribution in [0.5, 0.6) is 0 Å². The maximum Gasteiger partial charge on any atom is 0.240 e. The third-order valence-corrected chi connectivity index (χ3v) is 6.24. The van der Waals surface area contributed by atoms with E-state index in [0.29, 0.717) is 19.5 Å². The van der Waals surface area contributed by atoms with Crippen LogP contribution in [0.25, 0.3) is 0 Å². The lowest BCUT2D eigenvalue weighted by atomic mass is 10.2. The quantitative estimate of drug-likeness (QED) is 0.786. The number of nitrogens with one attached hydrogen (secondary N) is 1. The summed E-state index contributed by atoms with van der Waals surface area (Å²) in [6.07, 6.45) is 4.02. The fraction of sp³-hybridized carbons (Fsp3) is 0.588. The van der Waals surface area contributed by atoms with E-state index in [0.717, 1.165) is 37.3 Å². The largest absolute Gasteiger partial charge is 0.312 e. The van der Waals surface area contributed by atoms with Crippen LogP contribution in [0.1, 0.15) is 31.7 Å². The fourth-order valence-corrected chi connectivity index (χ4v) is 4.60. The zero-order valence-corrected chi connectivity index (χ0v) is 14.9. The Labute approximate surface area is 143 Å². The number of hydrogen-bond acceptors (Lipinski definition) is 4. The summed E-state index contributed by atoms with van der Waals surface area (Å²) in [5.74, 6) is -0.00982. The van der Waals surface area contributed by atoms with Crippen molar-refractivity contribution in [1.82, 2.24) is 9.62 Å². The molecule has 2 aliphatic rings. The molecule has 0 unspecified atom stereocenters. The number of benzene rings is 1. The van der Waals surface area contributed by atoms with Crippen molar-refractivity contribution < 1.29 is 13.2 Å². The van der Waals surface area contributed by atoms with E-state index in [2.05, 4.69) is 9.62 Å². The normalized spacial score (nSPS) is 18.1. The molecule has 1 saturated heterocycles. The van der Waals surface area contributed by atoms with Crippen molar-refractivity contribution in [2.75, 3.05) is 37.6 Å². The number of likely N-dealkylation sites (tertiary alicyclic amines) is 1. The van der Waals surface area contributed by atoms with E-state index in [9.17, 15) is 13.2 Å². The molecule has 0 spiro atoms. The summed E-state index contributed by atoms with van der Waals surface area (Å²) >= 11 is 0. The van der Waals surface area contributed by atoms with Gasteiger partial charge in [-0.2, -0.15) is 0 Å². The van der Waals surface area contributed by atoms with Crippen molar-refractivity contribution in [1.29, 1.82) is 0 Å². The van der Waals surface area contributed by atoms with E-state index in [1.165, 1.54) is 19.8 Å². The second-order valence-electron chi connectivity index (χ2n) is 6.51. The monoisotopic (exact) mass is 351 g/mol. The molecule has 7 heteroatoms. The Hall–Kier alpha value is -1.44. The molecule has 0 radical (unpaired) electrons. The number of carbonyl (C=O) groups is 1. The number of anilines is 1. The highest BCUT2D eigenvalue weighted by molar-refractivity contribution is 7.89. The number of rotatable bonds is 6. The average Bonchev–Trinajstić information content (AvgIpc) is 3.20. The first-order valence-corrected chi connectivity index (χ1v) is 10.1. The molecule has 1 N–H and O–H groups in total. The summed E-state index contributed by atoms with van der Waals surface area (Å²) in [6, 6.07) is 5.02. The first-order chi connectivity index (χ1) is 11.5. The SMILES string of the molecule is CC(=O)N1CCc2cc(S(=O)(=O)NCCCN3CCCC3)ccc21. The molecule has 3 rings (SSSR count). The van der Waals surface area contributed by atoms with Gasteiger partial charge in [-0.1, -0.05) is 0 Å². The number of amides is 1. The number of sulfonamides is 1. The van der Waals surface area contributed by atoms with Gasteiger partial charge in [-0.25, -0.2) is 13.1 Å². The minimum absolute atomic E-state index is 0.00982. The van der Waals surface area contributed by atoms with Crippen molar-refractivity contribution in [3.8, 4) is 0 Å². The highest BCUT2D eigenvalue weighted by Crippen LogP contribution is 2.30. The van der Waals surface area contributed by atoms with Crippen molar-refractivity contribution in [3.05, 3.63) is 23.8 Å². The molecule has 2 heterocycles. The Morgan fingerprint density at radius 3 is 2.67 bits per heavy atom. The molecule has 0 aliphatic carbocycles. The summed E-state index contributed by atoms with van der Waals surface area (Å²) < 4.78 is 27.6. The number of fused-ring (bicyclic) bond motifs is 1. The Balaban J connectivity index is 1.59. The number of carbonyl (C=O) groups excluding carboxylic acids is 1. The van der Waals surface area contributed by atoms with Crippen molar-refractivity contribution in [2.45, 2.75) is 37.5 Å². The number of hydrogen-bond donors (Lipinski definition) is 1. The topological polar surface area (TPSA) is 69.7 Å². The fourth-order valence-electron chi connectivity index (χ4n) is 3.47. The van der Waals surface area contributed by atoms with Crippen LogP contribution in [-0.4, -0.2) is 51.9 Å². The Morgan fingerprint density at radius 1 is 1.21 bits per heavy atom. The third kappa shape index (κ3) is 3.79. The third-order valence-electron chi connectivity index (χ3n) is 4.78. The molecule has 24 heavy (non-hydrogen) atoms. The predicted octanol–water partition coefficient (Wildman–Crippen LogP) is 1.36. The predicted molar refractivity (Wildman–Crippen MR) is 93.7 cm³/mol. The zero-order chi connectivity index (χ0) is 17.2. The van der Waals surface area contributed by atoms with Crippen molar-refractivity contribution in [3.63, 3.8) is 0 Å². The van der Waals surface area contributed by atoms with Crippen LogP contribution in [0.2, 0.25) is 0 Å². The van der Waals surface area contributed by atoms with E-state index < -0.39 is 10.0 Å². The van der Waals surface area contributed by atoms with E-state index in [4.69, 9.17) is 0 Å². The van der Waals surface area contributed by atoms with Gasteiger partial charge in [-0.3, -0.25) is 4.79 Å². The molecular formula is C17H25N3O3S. The zero-order valence-electron chi connectivity index (χ0n) is 14.1. The first-order valence-electron chi connectivity index (χ1n) is 8.60. The molecule has 0 aromatic heterocycles. The minimum Gasteiger partial charge on any atom is -0.312 e. The van der Waals surface area contributed by atoms with Gasteiger partial charge in [-0.05, 0) is 69.1 Å². The van der Waals surface area contributed by atoms with Crippen LogP contribution in [0, 0.1) is 0 Å². The van der Waals surface area contributed by atoms with Gasteiger partial charge in [0, 0.05) is 25.7 Å². The van der Waals surface area contributed by atoms with Gasteiger partial charge in [-0.15, -0.1) is 0 Å². The molecular weight excluding hydrogens is 326 g/mol. The van der Waals surface area contributed by atoms with E-state index >= 15 is 0 Å². The van der Waals surface area contributed by atoms with E-state index in [-0.39, 0.29) is 10.8 Å². The maximum absolute atomic E-state index is 12.4. The van der Waals surface area contributed by atoms with Crippen molar-refractivity contribution >= 4 is 21.6 Å². The van der Waals surface area contributed by atoms with Crippen LogP contribution >= 0.6 is 0 Å². The Kier molecular flexibility index (Phi) is 5.22. The Morgan fingerprint density at radius 2 is 1.96 bits per heavy atom. The van der Waals surface area contributed by atoms with Crippen LogP contribution in [0.15, 0.2) is 23.1 Å². The summed E-state index contributed by atoms with van der Waals surface area (Å²) in [5.41, 5.74) is 1.75.